The minimum absolute atomic E-state index is 0.203. The predicted octanol–water partition coefficient (Wildman–Crippen LogP) is 3.67. The molecule has 17 heavy (non-hydrogen) atoms. The van der Waals surface area contributed by atoms with E-state index < -0.39 is 0 Å². The molecule has 3 nitrogen and oxygen atoms in total. The lowest BCUT2D eigenvalue weighted by Gasteiger charge is -2.12. The lowest BCUT2D eigenvalue weighted by Crippen LogP contribution is -2.21. The van der Waals surface area contributed by atoms with Gasteiger partial charge in [-0.25, -0.2) is 4.98 Å². The average Bonchev–Trinajstić information content (AvgIpc) is 2.88. The number of halogens is 2. The predicted molar refractivity (Wildman–Crippen MR) is 73.0 cm³/mol. The standard InChI is InChI=1S/C11H13Cl2N3S/c1-7(9-4-10(12)17-11(9)13)15-3-2-8-5-14-6-16-8/h4-7,15H,2-3H2,1H3,(H,14,16). The summed E-state index contributed by atoms with van der Waals surface area (Å²) in [7, 11) is 0. The summed E-state index contributed by atoms with van der Waals surface area (Å²) in [5, 5.41) is 3.41. The minimum atomic E-state index is 0.203. The third-order valence-electron chi connectivity index (χ3n) is 2.55. The van der Waals surface area contributed by atoms with Gasteiger partial charge in [-0.05, 0) is 18.6 Å². The van der Waals surface area contributed by atoms with Crippen molar-refractivity contribution in [1.29, 1.82) is 0 Å². The van der Waals surface area contributed by atoms with E-state index in [-0.39, 0.29) is 6.04 Å². The van der Waals surface area contributed by atoms with Crippen LogP contribution in [0.5, 0.6) is 0 Å². The van der Waals surface area contributed by atoms with Crippen molar-refractivity contribution in [2.24, 2.45) is 0 Å². The highest BCUT2D eigenvalue weighted by atomic mass is 35.5. The molecule has 0 bridgehead atoms. The first-order valence-corrected chi connectivity index (χ1v) is 6.89. The minimum Gasteiger partial charge on any atom is -0.348 e. The number of thiophene rings is 1. The molecule has 0 saturated heterocycles. The molecule has 2 heterocycles. The fourth-order valence-electron chi connectivity index (χ4n) is 1.60. The number of nitrogens with one attached hydrogen (secondary N) is 2. The first-order chi connectivity index (χ1) is 8.16. The van der Waals surface area contributed by atoms with E-state index in [1.807, 2.05) is 12.3 Å². The van der Waals surface area contributed by atoms with Gasteiger partial charge in [-0.2, -0.15) is 0 Å². The fourth-order valence-corrected chi connectivity index (χ4v) is 3.25. The zero-order valence-corrected chi connectivity index (χ0v) is 11.7. The Labute approximate surface area is 114 Å². The average molecular weight is 290 g/mol. The zero-order chi connectivity index (χ0) is 12.3. The summed E-state index contributed by atoms with van der Waals surface area (Å²) in [5.74, 6) is 0. The van der Waals surface area contributed by atoms with E-state index in [0.29, 0.717) is 0 Å². The quantitative estimate of drug-likeness (QED) is 0.882. The number of imidazole rings is 1. The molecule has 0 aromatic carbocycles. The Hall–Kier alpha value is -0.550. The molecule has 0 saturated carbocycles. The maximum absolute atomic E-state index is 6.10. The number of aromatic amines is 1. The van der Waals surface area contributed by atoms with Crippen LogP contribution < -0.4 is 5.32 Å². The monoisotopic (exact) mass is 289 g/mol. The molecular weight excluding hydrogens is 277 g/mol. The van der Waals surface area contributed by atoms with Crippen LogP contribution in [0.2, 0.25) is 8.67 Å². The van der Waals surface area contributed by atoms with E-state index in [1.54, 1.807) is 6.33 Å². The normalized spacial score (nSPS) is 12.9. The molecule has 2 aromatic rings. The summed E-state index contributed by atoms with van der Waals surface area (Å²) >= 11 is 13.4. The maximum atomic E-state index is 6.10. The van der Waals surface area contributed by atoms with E-state index in [4.69, 9.17) is 23.2 Å². The van der Waals surface area contributed by atoms with Crippen LogP contribution in [0.15, 0.2) is 18.6 Å². The number of rotatable bonds is 5. The van der Waals surface area contributed by atoms with Crippen LogP contribution >= 0.6 is 34.5 Å². The van der Waals surface area contributed by atoms with E-state index in [2.05, 4.69) is 22.2 Å². The Morgan fingerprint density at radius 3 is 2.94 bits per heavy atom. The molecular formula is C11H13Cl2N3S. The second-order valence-electron chi connectivity index (χ2n) is 3.78. The molecule has 0 aliphatic heterocycles. The molecule has 2 rings (SSSR count). The highest BCUT2D eigenvalue weighted by Crippen LogP contribution is 2.34. The van der Waals surface area contributed by atoms with Crippen molar-refractivity contribution in [2.45, 2.75) is 19.4 Å². The van der Waals surface area contributed by atoms with E-state index in [0.717, 1.165) is 32.9 Å². The molecule has 0 spiro atoms. The Bertz CT molecular complexity index is 467. The van der Waals surface area contributed by atoms with E-state index in [9.17, 15) is 0 Å². The van der Waals surface area contributed by atoms with Gasteiger partial charge in [0.05, 0.1) is 15.0 Å². The van der Waals surface area contributed by atoms with Crippen molar-refractivity contribution in [2.75, 3.05) is 6.54 Å². The van der Waals surface area contributed by atoms with Gasteiger partial charge in [0.25, 0.3) is 0 Å². The summed E-state index contributed by atoms with van der Waals surface area (Å²) < 4.78 is 1.49. The first kappa shape index (κ1) is 12.9. The van der Waals surface area contributed by atoms with Crippen molar-refractivity contribution >= 4 is 34.5 Å². The molecule has 0 fully saturated rings. The van der Waals surface area contributed by atoms with Crippen molar-refractivity contribution < 1.29 is 0 Å². The van der Waals surface area contributed by atoms with Crippen LogP contribution in [0, 0.1) is 0 Å². The Kier molecular flexibility index (Phi) is 4.45. The van der Waals surface area contributed by atoms with Gasteiger partial charge < -0.3 is 10.3 Å². The van der Waals surface area contributed by atoms with Crippen LogP contribution in [0.3, 0.4) is 0 Å². The van der Waals surface area contributed by atoms with E-state index >= 15 is 0 Å². The lowest BCUT2D eigenvalue weighted by molar-refractivity contribution is 0.576. The maximum Gasteiger partial charge on any atom is 0.0991 e. The third kappa shape index (κ3) is 3.45. The van der Waals surface area contributed by atoms with Crippen molar-refractivity contribution in [3.05, 3.63) is 38.5 Å². The number of hydrogen-bond donors (Lipinski definition) is 2. The molecule has 1 atom stereocenters. The van der Waals surface area contributed by atoms with Gasteiger partial charge >= 0.3 is 0 Å². The molecule has 92 valence electrons. The van der Waals surface area contributed by atoms with Gasteiger partial charge in [-0.15, -0.1) is 11.3 Å². The van der Waals surface area contributed by atoms with Crippen LogP contribution in [-0.2, 0) is 6.42 Å². The molecule has 0 radical (unpaired) electrons. The molecule has 0 aliphatic rings. The van der Waals surface area contributed by atoms with Gasteiger partial charge in [0.2, 0.25) is 0 Å². The molecule has 2 N–H and O–H groups in total. The number of aromatic nitrogens is 2. The highest BCUT2D eigenvalue weighted by Gasteiger charge is 2.12. The molecule has 6 heteroatoms. The van der Waals surface area contributed by atoms with Gasteiger partial charge in [0.15, 0.2) is 0 Å². The number of hydrogen-bond acceptors (Lipinski definition) is 3. The first-order valence-electron chi connectivity index (χ1n) is 5.32. The highest BCUT2D eigenvalue weighted by molar-refractivity contribution is 7.20. The van der Waals surface area contributed by atoms with Crippen LogP contribution in [0.25, 0.3) is 0 Å². The van der Waals surface area contributed by atoms with Crippen LogP contribution in [0.1, 0.15) is 24.2 Å². The van der Waals surface area contributed by atoms with Crippen LogP contribution in [0.4, 0.5) is 0 Å². The SMILES string of the molecule is CC(NCCc1cnc[nH]1)c1cc(Cl)sc1Cl. The molecule has 0 aliphatic carbocycles. The second-order valence-corrected chi connectivity index (χ2v) is 6.07. The summed E-state index contributed by atoms with van der Waals surface area (Å²) in [6.07, 6.45) is 4.44. The van der Waals surface area contributed by atoms with Crippen LogP contribution in [-0.4, -0.2) is 16.5 Å². The van der Waals surface area contributed by atoms with Gasteiger partial charge in [0.1, 0.15) is 0 Å². The number of H-pyrrole nitrogens is 1. The fraction of sp³-hybridized carbons (Fsp3) is 0.364. The summed E-state index contributed by atoms with van der Waals surface area (Å²) in [5.41, 5.74) is 2.19. The number of nitrogens with zero attached hydrogens (tertiary/aromatic N) is 1. The molecule has 0 amide bonds. The Morgan fingerprint density at radius 1 is 1.53 bits per heavy atom. The lowest BCUT2D eigenvalue weighted by atomic mass is 10.2. The molecule has 1 unspecified atom stereocenters. The van der Waals surface area contributed by atoms with Gasteiger partial charge in [-0.1, -0.05) is 23.2 Å². The summed E-state index contributed by atoms with van der Waals surface area (Å²) in [6, 6.07) is 2.12. The summed E-state index contributed by atoms with van der Waals surface area (Å²) in [6.45, 7) is 2.95. The summed E-state index contributed by atoms with van der Waals surface area (Å²) in [4.78, 5) is 7.05. The van der Waals surface area contributed by atoms with E-state index in [1.165, 1.54) is 11.3 Å². The Balaban J connectivity index is 1.85. The zero-order valence-electron chi connectivity index (χ0n) is 9.34. The van der Waals surface area contributed by atoms with Crippen molar-refractivity contribution in [1.82, 2.24) is 15.3 Å². The van der Waals surface area contributed by atoms with Gasteiger partial charge in [-0.3, -0.25) is 0 Å². The molecule has 2 aromatic heterocycles. The Morgan fingerprint density at radius 2 is 2.35 bits per heavy atom. The topological polar surface area (TPSA) is 40.7 Å². The third-order valence-corrected chi connectivity index (χ3v) is 4.07. The van der Waals surface area contributed by atoms with Crippen molar-refractivity contribution in [3.63, 3.8) is 0 Å². The van der Waals surface area contributed by atoms with Gasteiger partial charge in [0, 0.05) is 30.9 Å². The second kappa shape index (κ2) is 5.87. The largest absolute Gasteiger partial charge is 0.348 e. The smallest absolute Gasteiger partial charge is 0.0991 e. The van der Waals surface area contributed by atoms with Crippen molar-refractivity contribution in [3.8, 4) is 0 Å².